The van der Waals surface area contributed by atoms with Crippen LogP contribution in [-0.4, -0.2) is 52.2 Å². The van der Waals surface area contributed by atoms with E-state index in [0.717, 1.165) is 0 Å². The van der Waals surface area contributed by atoms with Crippen LogP contribution < -0.4 is 0 Å². The highest BCUT2D eigenvalue weighted by Gasteiger charge is 2.69. The number of ether oxygens (including phenoxy) is 3. The van der Waals surface area contributed by atoms with Crippen molar-refractivity contribution >= 4 is 17.9 Å². The van der Waals surface area contributed by atoms with Gasteiger partial charge in [-0.15, -0.1) is 0 Å². The number of aliphatic hydroxyl groups is 2. The van der Waals surface area contributed by atoms with Gasteiger partial charge in [0.1, 0.15) is 12.2 Å². The van der Waals surface area contributed by atoms with E-state index in [2.05, 4.69) is 6.92 Å². The van der Waals surface area contributed by atoms with Crippen LogP contribution in [0.2, 0.25) is 0 Å². The Kier molecular flexibility index (Phi) is 5.29. The van der Waals surface area contributed by atoms with Crippen LogP contribution in [0, 0.1) is 34.5 Å². The van der Waals surface area contributed by atoms with Gasteiger partial charge >= 0.3 is 17.9 Å². The van der Waals surface area contributed by atoms with Gasteiger partial charge in [0.05, 0.1) is 6.10 Å². The minimum atomic E-state index is -1.68. The van der Waals surface area contributed by atoms with Crippen molar-refractivity contribution in [1.29, 1.82) is 0 Å². The molecule has 0 unspecified atom stereocenters. The van der Waals surface area contributed by atoms with Crippen LogP contribution in [0.4, 0.5) is 0 Å². The molecule has 9 atom stereocenters. The Labute approximate surface area is 188 Å². The van der Waals surface area contributed by atoms with Crippen molar-refractivity contribution in [1.82, 2.24) is 0 Å². The topological polar surface area (TPSA) is 119 Å². The second-order valence-electron chi connectivity index (χ2n) is 11.0. The Morgan fingerprint density at radius 2 is 1.78 bits per heavy atom. The fourth-order valence-corrected chi connectivity index (χ4v) is 7.73. The summed E-state index contributed by atoms with van der Waals surface area (Å²) in [5, 5.41) is 22.8. The molecule has 2 N–H and O–H groups in total. The van der Waals surface area contributed by atoms with Crippen molar-refractivity contribution in [3.63, 3.8) is 0 Å². The molecule has 8 heteroatoms. The van der Waals surface area contributed by atoms with Gasteiger partial charge in [0.25, 0.3) is 0 Å². The first kappa shape index (κ1) is 23.2. The molecule has 178 valence electrons. The average molecular weight is 451 g/mol. The van der Waals surface area contributed by atoms with E-state index in [1.807, 2.05) is 20.8 Å². The summed E-state index contributed by atoms with van der Waals surface area (Å²) >= 11 is 0. The third-order valence-electron chi connectivity index (χ3n) is 8.83. The molecule has 0 aromatic heterocycles. The number of rotatable bonds is 2. The van der Waals surface area contributed by atoms with E-state index in [4.69, 9.17) is 14.2 Å². The van der Waals surface area contributed by atoms with Crippen molar-refractivity contribution in [2.45, 2.75) is 84.9 Å². The highest BCUT2D eigenvalue weighted by Crippen LogP contribution is 2.67. The van der Waals surface area contributed by atoms with Crippen LogP contribution in [0.25, 0.3) is 0 Å². The van der Waals surface area contributed by atoms with E-state index in [1.165, 1.54) is 19.9 Å². The molecule has 3 aliphatic carbocycles. The van der Waals surface area contributed by atoms with Crippen LogP contribution in [-0.2, 0) is 28.6 Å². The molecular weight excluding hydrogens is 416 g/mol. The summed E-state index contributed by atoms with van der Waals surface area (Å²) in [6, 6.07) is 0. The molecule has 1 aliphatic heterocycles. The minimum absolute atomic E-state index is 0.171. The van der Waals surface area contributed by atoms with Crippen molar-refractivity contribution < 1.29 is 38.8 Å². The molecule has 3 saturated carbocycles. The van der Waals surface area contributed by atoms with E-state index in [-0.39, 0.29) is 36.1 Å². The second kappa shape index (κ2) is 7.29. The van der Waals surface area contributed by atoms with E-state index < -0.39 is 46.9 Å². The third kappa shape index (κ3) is 3.21. The molecule has 0 radical (unpaired) electrons. The van der Waals surface area contributed by atoms with E-state index >= 15 is 0 Å². The van der Waals surface area contributed by atoms with Gasteiger partial charge in [-0.3, -0.25) is 9.59 Å². The molecule has 8 nitrogen and oxygen atoms in total. The highest BCUT2D eigenvalue weighted by molar-refractivity contribution is 5.86. The van der Waals surface area contributed by atoms with Crippen molar-refractivity contribution in [2.24, 2.45) is 34.5 Å². The normalized spacial score (nSPS) is 46.7. The summed E-state index contributed by atoms with van der Waals surface area (Å²) in [4.78, 5) is 35.9. The first-order valence-corrected chi connectivity index (χ1v) is 11.4. The lowest BCUT2D eigenvalue weighted by Crippen LogP contribution is -2.69. The zero-order valence-corrected chi connectivity index (χ0v) is 19.6. The molecule has 0 aromatic rings. The van der Waals surface area contributed by atoms with Crippen LogP contribution in [0.3, 0.4) is 0 Å². The second-order valence-corrected chi connectivity index (χ2v) is 11.0. The summed E-state index contributed by atoms with van der Waals surface area (Å²) in [5.74, 6) is -4.35. The molecule has 0 amide bonds. The lowest BCUT2D eigenvalue weighted by molar-refractivity contribution is -0.277. The maximum Gasteiger partial charge on any atom is 0.333 e. The number of carbonyl (C=O) groups is 3. The van der Waals surface area contributed by atoms with Crippen molar-refractivity contribution in [3.05, 3.63) is 11.6 Å². The van der Waals surface area contributed by atoms with Gasteiger partial charge in [-0.25, -0.2) is 4.79 Å². The standard InChI is InChI=1S/C24H34O8/c1-11-14-9-17(27)32-24(14,29)10-15-18(11)19(28)20(31-13(3)26)21-22(4,5)16(30-12(2)25)7-8-23(15,21)6/h9,11,15-16,18-21,28-29H,7-8,10H2,1-6H3/t11-,15-,16+,18+,19-,20-,21+,23+,24-/m1/s1. The number of carbonyl (C=O) groups excluding carboxylic acids is 3. The Morgan fingerprint density at radius 3 is 2.38 bits per heavy atom. The van der Waals surface area contributed by atoms with E-state index in [9.17, 15) is 24.6 Å². The zero-order valence-electron chi connectivity index (χ0n) is 19.6. The molecule has 0 aromatic carbocycles. The molecule has 32 heavy (non-hydrogen) atoms. The number of esters is 3. The lowest BCUT2D eigenvalue weighted by atomic mass is 9.41. The summed E-state index contributed by atoms with van der Waals surface area (Å²) in [6.45, 7) is 10.6. The SMILES string of the molecule is CC(=O)O[C@@H]1[C@H](O)[C@H]2[C@H](C)C3=CC(=O)O[C@]3(O)C[C@H]2[C@]2(C)CC[C@H](OC(C)=O)C(C)(C)[C@H]12. The predicted octanol–water partition coefficient (Wildman–Crippen LogP) is 2.11. The van der Waals surface area contributed by atoms with Crippen LogP contribution in [0.15, 0.2) is 11.6 Å². The van der Waals surface area contributed by atoms with Crippen molar-refractivity contribution in [2.75, 3.05) is 0 Å². The third-order valence-corrected chi connectivity index (χ3v) is 8.83. The smallest absolute Gasteiger partial charge is 0.333 e. The molecule has 0 bridgehead atoms. The summed E-state index contributed by atoms with van der Waals surface area (Å²) < 4.78 is 16.8. The number of hydrogen-bond acceptors (Lipinski definition) is 8. The van der Waals surface area contributed by atoms with Crippen molar-refractivity contribution in [3.8, 4) is 0 Å². The molecule has 0 saturated heterocycles. The molecule has 3 fully saturated rings. The van der Waals surface area contributed by atoms with Gasteiger partial charge in [0.2, 0.25) is 5.79 Å². The van der Waals surface area contributed by atoms with E-state index in [0.29, 0.717) is 18.4 Å². The Hall–Kier alpha value is -1.93. The fourth-order valence-electron chi connectivity index (χ4n) is 7.73. The summed E-state index contributed by atoms with van der Waals surface area (Å²) in [6.07, 6.45) is 0.549. The fraction of sp³-hybridized carbons (Fsp3) is 0.792. The largest absolute Gasteiger partial charge is 0.462 e. The molecule has 1 heterocycles. The average Bonchev–Trinajstić information content (AvgIpc) is 2.96. The Balaban J connectivity index is 1.83. The molecular formula is C24H34O8. The first-order valence-electron chi connectivity index (χ1n) is 11.4. The minimum Gasteiger partial charge on any atom is -0.462 e. The van der Waals surface area contributed by atoms with Gasteiger partial charge in [0.15, 0.2) is 0 Å². The number of aliphatic hydroxyl groups excluding tert-OH is 1. The quantitative estimate of drug-likeness (QED) is 0.485. The van der Waals surface area contributed by atoms with E-state index in [1.54, 1.807) is 0 Å². The van der Waals surface area contributed by atoms with Crippen LogP contribution in [0.5, 0.6) is 0 Å². The molecule has 0 spiro atoms. The van der Waals surface area contributed by atoms with Gasteiger partial charge in [-0.05, 0) is 36.0 Å². The van der Waals surface area contributed by atoms with Gasteiger partial charge < -0.3 is 24.4 Å². The lowest BCUT2D eigenvalue weighted by Gasteiger charge is -2.66. The highest BCUT2D eigenvalue weighted by atomic mass is 16.7. The maximum absolute atomic E-state index is 12.1. The Morgan fingerprint density at radius 1 is 1.16 bits per heavy atom. The maximum atomic E-state index is 12.1. The Bertz CT molecular complexity index is 877. The monoisotopic (exact) mass is 450 g/mol. The van der Waals surface area contributed by atoms with Gasteiger partial charge in [0, 0.05) is 43.3 Å². The van der Waals surface area contributed by atoms with Crippen LogP contribution >= 0.6 is 0 Å². The zero-order chi connectivity index (χ0) is 23.8. The number of fused-ring (bicyclic) bond motifs is 4. The summed E-state index contributed by atoms with van der Waals surface area (Å²) in [5.41, 5.74) is -0.604. The van der Waals surface area contributed by atoms with Gasteiger partial charge in [-0.1, -0.05) is 27.7 Å². The molecule has 4 rings (SSSR count). The molecule has 4 aliphatic rings. The summed E-state index contributed by atoms with van der Waals surface area (Å²) in [7, 11) is 0. The van der Waals surface area contributed by atoms with Crippen LogP contribution in [0.1, 0.15) is 60.8 Å². The predicted molar refractivity (Wildman–Crippen MR) is 112 cm³/mol. The van der Waals surface area contributed by atoms with Gasteiger partial charge in [-0.2, -0.15) is 0 Å². The number of hydrogen-bond donors (Lipinski definition) is 2. The first-order chi connectivity index (χ1) is 14.7.